The summed E-state index contributed by atoms with van der Waals surface area (Å²) in [5.41, 5.74) is -1.68. The van der Waals surface area contributed by atoms with Gasteiger partial charge in [-0.3, -0.25) is 0 Å². The summed E-state index contributed by atoms with van der Waals surface area (Å²) in [6.07, 6.45) is 1.70. The van der Waals surface area contributed by atoms with Crippen molar-refractivity contribution in [2.45, 2.75) is 57.5 Å². The van der Waals surface area contributed by atoms with Gasteiger partial charge >= 0.3 is 0 Å². The number of piperidine rings is 1. The minimum absolute atomic E-state index is 0.570. The van der Waals surface area contributed by atoms with Gasteiger partial charge in [-0.1, -0.05) is 0 Å². The van der Waals surface area contributed by atoms with E-state index in [9.17, 15) is 10.2 Å². The number of nitrogens with one attached hydrogen (secondary N) is 1. The maximum atomic E-state index is 10.2. The number of hydrogen-bond donors (Lipinski definition) is 3. The lowest BCUT2D eigenvalue weighted by molar-refractivity contribution is -0.292. The van der Waals surface area contributed by atoms with Gasteiger partial charge in [0.1, 0.15) is 5.60 Å². The molecule has 0 radical (unpaired) electrons. The first-order chi connectivity index (χ1) is 6.66. The van der Waals surface area contributed by atoms with Crippen LogP contribution in [0, 0.1) is 0 Å². The van der Waals surface area contributed by atoms with Gasteiger partial charge < -0.3 is 20.3 Å². The monoisotopic (exact) mass is 217 g/mol. The Hall–Kier alpha value is -0.160. The maximum absolute atomic E-state index is 10.2. The van der Waals surface area contributed by atoms with Gasteiger partial charge in [-0.15, -0.1) is 0 Å². The highest BCUT2D eigenvalue weighted by atomic mass is 16.6. The van der Waals surface area contributed by atoms with Crippen molar-refractivity contribution in [1.29, 1.82) is 0 Å². The van der Waals surface area contributed by atoms with Gasteiger partial charge in [0.05, 0.1) is 5.60 Å². The molecular weight excluding hydrogens is 194 g/mol. The SMILES string of the molecule is CC(C)(O)O[C@@]1(C(C)(C)O)CCCNC1. The second-order valence-corrected chi connectivity index (χ2v) is 5.38. The molecule has 15 heavy (non-hydrogen) atoms. The third-order valence-electron chi connectivity index (χ3n) is 2.90. The van der Waals surface area contributed by atoms with Gasteiger partial charge in [0, 0.05) is 6.54 Å². The summed E-state index contributed by atoms with van der Waals surface area (Å²) >= 11 is 0. The van der Waals surface area contributed by atoms with Crippen LogP contribution in [-0.4, -0.2) is 40.3 Å². The highest BCUT2D eigenvalue weighted by molar-refractivity contribution is 5.00. The zero-order valence-electron chi connectivity index (χ0n) is 10.1. The molecule has 0 aromatic carbocycles. The summed E-state index contributed by atoms with van der Waals surface area (Å²) in [6, 6.07) is 0. The first-order valence-corrected chi connectivity index (χ1v) is 5.52. The molecule has 4 nitrogen and oxygen atoms in total. The molecule has 1 aliphatic heterocycles. The lowest BCUT2D eigenvalue weighted by Crippen LogP contribution is -2.63. The second-order valence-electron chi connectivity index (χ2n) is 5.38. The third-order valence-corrected chi connectivity index (χ3v) is 2.90. The van der Waals surface area contributed by atoms with Crippen molar-refractivity contribution in [3.8, 4) is 0 Å². The predicted octanol–water partition coefficient (Wildman–Crippen LogP) is 0.624. The van der Waals surface area contributed by atoms with Crippen molar-refractivity contribution in [3.63, 3.8) is 0 Å². The highest BCUT2D eigenvalue weighted by Gasteiger charge is 2.48. The number of ether oxygens (including phenoxy) is 1. The lowest BCUT2D eigenvalue weighted by atomic mass is 9.79. The fourth-order valence-corrected chi connectivity index (χ4v) is 2.09. The molecule has 90 valence electrons. The number of rotatable bonds is 3. The van der Waals surface area contributed by atoms with Gasteiger partial charge in [0.25, 0.3) is 0 Å². The normalized spacial score (nSPS) is 29.2. The highest BCUT2D eigenvalue weighted by Crippen LogP contribution is 2.35. The molecule has 1 heterocycles. The van der Waals surface area contributed by atoms with E-state index in [-0.39, 0.29) is 0 Å². The molecule has 1 atom stereocenters. The van der Waals surface area contributed by atoms with Gasteiger partial charge in [-0.25, -0.2) is 0 Å². The first-order valence-electron chi connectivity index (χ1n) is 5.52. The van der Waals surface area contributed by atoms with Gasteiger partial charge in [0.15, 0.2) is 5.79 Å². The van der Waals surface area contributed by atoms with Crippen molar-refractivity contribution in [2.24, 2.45) is 0 Å². The molecule has 3 N–H and O–H groups in total. The molecule has 0 bridgehead atoms. The quantitative estimate of drug-likeness (QED) is 0.607. The van der Waals surface area contributed by atoms with Crippen molar-refractivity contribution in [2.75, 3.05) is 13.1 Å². The van der Waals surface area contributed by atoms with Crippen molar-refractivity contribution < 1.29 is 14.9 Å². The Kier molecular flexibility index (Phi) is 3.45. The van der Waals surface area contributed by atoms with Crippen LogP contribution < -0.4 is 5.32 Å². The van der Waals surface area contributed by atoms with E-state index in [1.54, 1.807) is 27.7 Å². The maximum Gasteiger partial charge on any atom is 0.160 e. The van der Waals surface area contributed by atoms with Crippen molar-refractivity contribution in [3.05, 3.63) is 0 Å². The minimum Gasteiger partial charge on any atom is -0.387 e. The fourth-order valence-electron chi connectivity index (χ4n) is 2.09. The zero-order chi connectivity index (χ0) is 11.7. The molecule has 0 aromatic rings. The van der Waals surface area contributed by atoms with Crippen LogP contribution in [0.5, 0.6) is 0 Å². The smallest absolute Gasteiger partial charge is 0.160 e. The molecule has 0 aromatic heterocycles. The first kappa shape index (κ1) is 12.9. The predicted molar refractivity (Wildman–Crippen MR) is 58.5 cm³/mol. The van der Waals surface area contributed by atoms with Gasteiger partial charge in [-0.05, 0) is 47.1 Å². The Morgan fingerprint density at radius 3 is 2.13 bits per heavy atom. The number of aliphatic hydroxyl groups is 2. The van der Waals surface area contributed by atoms with Gasteiger partial charge in [-0.2, -0.15) is 0 Å². The summed E-state index contributed by atoms with van der Waals surface area (Å²) in [7, 11) is 0. The minimum atomic E-state index is -1.22. The Morgan fingerprint density at radius 2 is 1.80 bits per heavy atom. The van der Waals surface area contributed by atoms with Crippen LogP contribution >= 0.6 is 0 Å². The van der Waals surface area contributed by atoms with E-state index >= 15 is 0 Å². The molecule has 1 aliphatic rings. The van der Waals surface area contributed by atoms with E-state index in [1.807, 2.05) is 0 Å². The standard InChI is InChI=1S/C11H23NO3/c1-9(2,13)11(15-10(3,4)14)6-5-7-12-8-11/h12-14H,5-8H2,1-4H3/t11-/m0/s1. The summed E-state index contributed by atoms with van der Waals surface area (Å²) in [5, 5.41) is 23.1. The molecule has 1 fully saturated rings. The van der Waals surface area contributed by atoms with Crippen molar-refractivity contribution in [1.82, 2.24) is 5.32 Å². The summed E-state index contributed by atoms with van der Waals surface area (Å²) in [5.74, 6) is -1.22. The molecular formula is C11H23NO3. The summed E-state index contributed by atoms with van der Waals surface area (Å²) in [4.78, 5) is 0. The van der Waals surface area contributed by atoms with Crippen LogP contribution in [0.15, 0.2) is 0 Å². The molecule has 0 amide bonds. The molecule has 0 saturated carbocycles. The van der Waals surface area contributed by atoms with Crippen LogP contribution in [0.4, 0.5) is 0 Å². The van der Waals surface area contributed by atoms with E-state index in [2.05, 4.69) is 5.32 Å². The van der Waals surface area contributed by atoms with Crippen LogP contribution in [0.3, 0.4) is 0 Å². The average molecular weight is 217 g/mol. The molecule has 1 rings (SSSR count). The zero-order valence-corrected chi connectivity index (χ0v) is 10.1. The Labute approximate surface area is 91.6 Å². The second kappa shape index (κ2) is 4.01. The van der Waals surface area contributed by atoms with Crippen LogP contribution in [-0.2, 0) is 4.74 Å². The number of hydrogen-bond acceptors (Lipinski definition) is 4. The van der Waals surface area contributed by atoms with E-state index in [0.29, 0.717) is 6.54 Å². The third kappa shape index (κ3) is 3.14. The molecule has 4 heteroatoms. The average Bonchev–Trinajstić information content (AvgIpc) is 2.00. The van der Waals surface area contributed by atoms with E-state index in [4.69, 9.17) is 4.74 Å². The summed E-state index contributed by atoms with van der Waals surface area (Å²) in [6.45, 7) is 8.15. The van der Waals surface area contributed by atoms with E-state index in [0.717, 1.165) is 19.4 Å². The van der Waals surface area contributed by atoms with Crippen LogP contribution in [0.2, 0.25) is 0 Å². The molecule has 1 saturated heterocycles. The Bertz CT molecular complexity index is 209. The Morgan fingerprint density at radius 1 is 1.20 bits per heavy atom. The van der Waals surface area contributed by atoms with Gasteiger partial charge in [0.2, 0.25) is 0 Å². The Balaban J connectivity index is 2.86. The summed E-state index contributed by atoms with van der Waals surface area (Å²) < 4.78 is 5.67. The lowest BCUT2D eigenvalue weighted by Gasteiger charge is -2.48. The molecule has 0 unspecified atom stereocenters. The molecule has 0 aliphatic carbocycles. The van der Waals surface area contributed by atoms with E-state index in [1.165, 1.54) is 0 Å². The van der Waals surface area contributed by atoms with Crippen molar-refractivity contribution >= 4 is 0 Å². The van der Waals surface area contributed by atoms with Crippen LogP contribution in [0.25, 0.3) is 0 Å². The largest absolute Gasteiger partial charge is 0.387 e. The van der Waals surface area contributed by atoms with Crippen LogP contribution in [0.1, 0.15) is 40.5 Å². The van der Waals surface area contributed by atoms with E-state index < -0.39 is 17.0 Å². The molecule has 0 spiro atoms. The topological polar surface area (TPSA) is 61.7 Å². The fraction of sp³-hybridized carbons (Fsp3) is 1.00.